The number of carbonyl (C=O) groups excluding carboxylic acids is 4. The summed E-state index contributed by atoms with van der Waals surface area (Å²) in [5, 5.41) is 22.4. The number of halogens is 1. The van der Waals surface area contributed by atoms with Gasteiger partial charge < -0.3 is 29.7 Å². The average Bonchev–Trinajstić information content (AvgIpc) is 3.67. The van der Waals surface area contributed by atoms with Gasteiger partial charge in [-0.1, -0.05) is 19.1 Å². The Bertz CT molecular complexity index is 2340. The zero-order valence-corrected chi connectivity index (χ0v) is 34.0. The van der Waals surface area contributed by atoms with Gasteiger partial charge >= 0.3 is 6.03 Å². The molecule has 0 spiro atoms. The number of piperidine rings is 2. The Morgan fingerprint density at radius 1 is 0.966 bits per heavy atom. The number of urea groups is 1. The van der Waals surface area contributed by atoms with E-state index < -0.39 is 23.5 Å². The van der Waals surface area contributed by atoms with Gasteiger partial charge in [-0.2, -0.15) is 0 Å². The minimum atomic E-state index is -0.710. The maximum Gasteiger partial charge on any atom is 0.320 e. The number of para-hydroxylation sites is 1. The van der Waals surface area contributed by atoms with E-state index in [1.54, 1.807) is 17.0 Å². The molecule has 5 aliphatic heterocycles. The van der Waals surface area contributed by atoms with Gasteiger partial charge in [0.1, 0.15) is 6.04 Å². The number of benzene rings is 2. The van der Waals surface area contributed by atoms with E-state index in [-0.39, 0.29) is 41.3 Å². The van der Waals surface area contributed by atoms with Crippen LogP contribution >= 0.6 is 0 Å². The molecule has 3 N–H and O–H groups in total. The number of hydrogen-bond donors (Lipinski definition) is 3. The fraction of sp³-hybridized carbons (Fsp3) is 0.500. The van der Waals surface area contributed by atoms with Gasteiger partial charge in [-0.25, -0.2) is 9.18 Å². The molecule has 0 saturated carbocycles. The molecule has 0 radical (unpaired) electrons. The fourth-order valence-corrected chi connectivity index (χ4v) is 10.2. The second-order valence-electron chi connectivity index (χ2n) is 17.6. The van der Waals surface area contributed by atoms with Gasteiger partial charge in [-0.15, -0.1) is 10.2 Å². The van der Waals surface area contributed by atoms with E-state index in [4.69, 9.17) is 0 Å². The van der Waals surface area contributed by atoms with Crippen molar-refractivity contribution in [3.05, 3.63) is 70.7 Å². The van der Waals surface area contributed by atoms with Gasteiger partial charge in [0.05, 0.1) is 11.2 Å². The van der Waals surface area contributed by atoms with Crippen LogP contribution in [0.5, 0.6) is 5.75 Å². The lowest BCUT2D eigenvalue weighted by molar-refractivity contribution is -0.136. The Labute approximate surface area is 342 Å². The van der Waals surface area contributed by atoms with Gasteiger partial charge in [-0.05, 0) is 93.3 Å². The molecule has 14 nitrogen and oxygen atoms in total. The van der Waals surface area contributed by atoms with Crippen LogP contribution in [-0.2, 0) is 22.6 Å². The van der Waals surface area contributed by atoms with Crippen molar-refractivity contribution in [1.29, 1.82) is 0 Å². The number of nitrogens with zero attached hydrogens (tertiary/aromatic N) is 7. The smallest absolute Gasteiger partial charge is 0.320 e. The van der Waals surface area contributed by atoms with Gasteiger partial charge in [0.2, 0.25) is 11.8 Å². The number of fused-ring (bicyclic) bond motifs is 4. The molecule has 0 aliphatic carbocycles. The molecule has 0 bridgehead atoms. The normalized spacial score (nSPS) is 22.7. The molecule has 310 valence electrons. The van der Waals surface area contributed by atoms with Crippen molar-refractivity contribution in [2.24, 2.45) is 5.92 Å². The maximum atomic E-state index is 14.4. The number of imide groups is 1. The number of rotatable bonds is 6. The lowest BCUT2D eigenvalue weighted by atomic mass is 9.93. The van der Waals surface area contributed by atoms with E-state index in [2.05, 4.69) is 62.0 Å². The molecule has 5 amide bonds. The van der Waals surface area contributed by atoms with Crippen molar-refractivity contribution in [2.45, 2.75) is 83.3 Å². The number of H-pyrrole nitrogens is 1. The minimum Gasteiger partial charge on any atom is -0.504 e. The van der Waals surface area contributed by atoms with Crippen molar-refractivity contribution < 1.29 is 28.7 Å². The van der Waals surface area contributed by atoms with Crippen LogP contribution in [0.3, 0.4) is 0 Å². The van der Waals surface area contributed by atoms with E-state index in [9.17, 15) is 28.7 Å². The molecule has 9 rings (SSSR count). The van der Waals surface area contributed by atoms with E-state index in [1.807, 2.05) is 23.1 Å². The SMILES string of the molecule is CCC1CN(C(=O)N2CCN(CC3CCN(c4ccc5c(c4)C(=O)N([C@H]4CCC(=O)NC4=O)C5)CC3)CC2(C)C)CCc2c1[nH]c1nnc(-c3cccc(F)c3O)cc21. The first-order valence-electron chi connectivity index (χ1n) is 21.1. The van der Waals surface area contributed by atoms with Gasteiger partial charge in [0.15, 0.2) is 17.2 Å². The molecule has 2 aromatic heterocycles. The molecule has 15 heteroatoms. The highest BCUT2D eigenvalue weighted by atomic mass is 19.1. The van der Waals surface area contributed by atoms with Crippen LogP contribution in [0.4, 0.5) is 14.9 Å². The Morgan fingerprint density at radius 2 is 1.78 bits per heavy atom. The lowest BCUT2D eigenvalue weighted by Gasteiger charge is -2.49. The number of anilines is 1. The van der Waals surface area contributed by atoms with Crippen molar-refractivity contribution in [1.82, 2.24) is 40.1 Å². The summed E-state index contributed by atoms with van der Waals surface area (Å²) in [4.78, 5) is 66.0. The van der Waals surface area contributed by atoms with E-state index in [0.29, 0.717) is 61.8 Å². The lowest BCUT2D eigenvalue weighted by Crippen LogP contribution is -2.64. The molecule has 2 atom stereocenters. The monoisotopic (exact) mass is 805 g/mol. The van der Waals surface area contributed by atoms with Crippen molar-refractivity contribution in [3.63, 3.8) is 0 Å². The zero-order chi connectivity index (χ0) is 41.2. The van der Waals surface area contributed by atoms with Gasteiger partial charge in [0, 0.05) is 99.1 Å². The number of aromatic hydroxyl groups is 1. The summed E-state index contributed by atoms with van der Waals surface area (Å²) in [5.41, 5.74) is 5.70. The molecule has 3 fully saturated rings. The number of phenols is 1. The first-order valence-corrected chi connectivity index (χ1v) is 21.1. The molecular weight excluding hydrogens is 754 g/mol. The standard InChI is InChI=1S/C44H52FN9O5/c1-4-27-23-52(17-14-30-33-21-35(48-49-40(33)47-38(27)30)31-6-5-7-34(45)39(31)56)43(59)54-19-18-50(25-44(54,2)3)22-26-12-15-51(16-13-26)29-9-8-28-24-53(42(58)32(28)20-29)36-10-11-37(55)46-41(36)57/h5-9,20-21,26-27,36,56H,4,10-19,22-25H2,1-3H3,(H,47,49)(H,46,55,57)/t27?,36-/m0/s1. The van der Waals surface area contributed by atoms with Crippen LogP contribution in [0.2, 0.25) is 0 Å². The summed E-state index contributed by atoms with van der Waals surface area (Å²) in [6.07, 6.45) is 4.13. The van der Waals surface area contributed by atoms with Crippen molar-refractivity contribution >= 4 is 40.5 Å². The quantitative estimate of drug-likeness (QED) is 0.228. The van der Waals surface area contributed by atoms with Crippen LogP contribution in [0.1, 0.15) is 86.0 Å². The molecule has 2 aromatic carbocycles. The second-order valence-corrected chi connectivity index (χ2v) is 17.6. The van der Waals surface area contributed by atoms with E-state index in [0.717, 1.165) is 79.9 Å². The Morgan fingerprint density at radius 3 is 2.54 bits per heavy atom. The highest BCUT2D eigenvalue weighted by Gasteiger charge is 2.42. The largest absolute Gasteiger partial charge is 0.504 e. The van der Waals surface area contributed by atoms with Gasteiger partial charge in [-0.3, -0.25) is 24.6 Å². The Balaban J connectivity index is 0.802. The summed E-state index contributed by atoms with van der Waals surface area (Å²) in [6.45, 7) is 13.0. The van der Waals surface area contributed by atoms with Crippen LogP contribution < -0.4 is 10.2 Å². The zero-order valence-electron chi connectivity index (χ0n) is 34.0. The number of aromatic nitrogens is 3. The fourth-order valence-electron chi connectivity index (χ4n) is 10.2. The van der Waals surface area contributed by atoms with Gasteiger partial charge in [0.25, 0.3) is 5.91 Å². The summed E-state index contributed by atoms with van der Waals surface area (Å²) in [7, 11) is 0. The number of nitrogens with one attached hydrogen (secondary N) is 2. The Hall–Kier alpha value is -5.57. The van der Waals surface area contributed by atoms with Crippen molar-refractivity contribution in [3.8, 4) is 17.0 Å². The number of aromatic amines is 1. The molecular formula is C44H52FN9O5. The first kappa shape index (κ1) is 38.9. The number of piperazine rings is 1. The van der Waals surface area contributed by atoms with Crippen LogP contribution in [0.15, 0.2) is 42.5 Å². The maximum absolute atomic E-state index is 14.4. The van der Waals surface area contributed by atoms with Crippen LogP contribution in [0, 0.1) is 11.7 Å². The van der Waals surface area contributed by atoms with E-state index in [1.165, 1.54) is 6.07 Å². The second kappa shape index (κ2) is 15.2. The predicted octanol–water partition coefficient (Wildman–Crippen LogP) is 5.02. The molecule has 5 aliphatic rings. The predicted molar refractivity (Wildman–Crippen MR) is 219 cm³/mol. The summed E-state index contributed by atoms with van der Waals surface area (Å²) in [5.74, 6) is -1.38. The van der Waals surface area contributed by atoms with Crippen LogP contribution in [-0.4, -0.2) is 128 Å². The first-order chi connectivity index (χ1) is 28.4. The third kappa shape index (κ3) is 7.16. The molecule has 1 unspecified atom stereocenters. The molecule has 59 heavy (non-hydrogen) atoms. The third-order valence-electron chi connectivity index (χ3n) is 13.4. The summed E-state index contributed by atoms with van der Waals surface area (Å²) in [6, 6.07) is 11.7. The number of hydrogen-bond acceptors (Lipinski definition) is 9. The minimum absolute atomic E-state index is 0.0640. The number of phenolic OH excluding ortho intramolecular Hbond substituents is 1. The van der Waals surface area contributed by atoms with Crippen molar-refractivity contribution in [2.75, 3.05) is 57.3 Å². The topological polar surface area (TPSA) is 158 Å². The highest BCUT2D eigenvalue weighted by Crippen LogP contribution is 2.37. The number of carbonyl (C=O) groups is 4. The molecule has 3 saturated heterocycles. The number of amides is 5. The molecule has 4 aromatic rings. The highest BCUT2D eigenvalue weighted by molar-refractivity contribution is 6.05. The van der Waals surface area contributed by atoms with E-state index >= 15 is 0 Å². The average molecular weight is 806 g/mol. The van der Waals surface area contributed by atoms with Crippen LogP contribution in [0.25, 0.3) is 22.3 Å². The molecule has 7 heterocycles. The Kier molecular flexibility index (Phi) is 10.0. The third-order valence-corrected chi connectivity index (χ3v) is 13.4. The summed E-state index contributed by atoms with van der Waals surface area (Å²) >= 11 is 0. The summed E-state index contributed by atoms with van der Waals surface area (Å²) < 4.78 is 14.2.